The highest BCUT2D eigenvalue weighted by Crippen LogP contribution is 2.29. The van der Waals surface area contributed by atoms with Crippen LogP contribution < -0.4 is 0 Å². The fourth-order valence-corrected chi connectivity index (χ4v) is 2.24. The van der Waals surface area contributed by atoms with Crippen LogP contribution in [0.25, 0.3) is 0 Å². The van der Waals surface area contributed by atoms with Gasteiger partial charge in [0.1, 0.15) is 0 Å². The summed E-state index contributed by atoms with van der Waals surface area (Å²) in [5.41, 5.74) is 1.34. The van der Waals surface area contributed by atoms with Gasteiger partial charge in [0.15, 0.2) is 0 Å². The molecule has 1 aromatic carbocycles. The lowest BCUT2D eigenvalue weighted by Gasteiger charge is -2.27. The minimum Gasteiger partial charge on any atom is -0.465 e. The number of hydrogen-bond acceptors (Lipinski definition) is 4. The maximum atomic E-state index is 11.3. The van der Waals surface area contributed by atoms with Gasteiger partial charge in [-0.1, -0.05) is 12.1 Å². The van der Waals surface area contributed by atoms with Gasteiger partial charge >= 0.3 is 5.97 Å². The van der Waals surface area contributed by atoms with Gasteiger partial charge in [-0.2, -0.15) is 0 Å². The second-order valence-corrected chi connectivity index (χ2v) is 4.51. The minimum absolute atomic E-state index is 0.239. The molecule has 1 unspecified atom stereocenters. The van der Waals surface area contributed by atoms with Crippen molar-refractivity contribution < 1.29 is 19.4 Å². The summed E-state index contributed by atoms with van der Waals surface area (Å²) in [4.78, 5) is 11.3. The Bertz CT molecular complexity index is 393. The van der Waals surface area contributed by atoms with Crippen LogP contribution in [0.1, 0.15) is 34.9 Å². The summed E-state index contributed by atoms with van der Waals surface area (Å²) in [5.74, 6) is -0.121. The molecule has 1 saturated heterocycles. The largest absolute Gasteiger partial charge is 0.465 e. The predicted octanol–water partition coefficient (Wildman–Crippen LogP) is 1.93. The van der Waals surface area contributed by atoms with E-state index in [0.29, 0.717) is 18.8 Å². The Balaban J connectivity index is 2.06. The third-order valence-corrected chi connectivity index (χ3v) is 3.39. The molecule has 4 nitrogen and oxygen atoms in total. The van der Waals surface area contributed by atoms with Crippen LogP contribution in [0, 0.1) is 5.92 Å². The molecule has 1 N–H and O–H groups in total. The van der Waals surface area contributed by atoms with E-state index in [4.69, 9.17) is 4.74 Å². The summed E-state index contributed by atoms with van der Waals surface area (Å²) in [6, 6.07) is 6.94. The highest BCUT2D eigenvalue weighted by atomic mass is 16.5. The quantitative estimate of drug-likeness (QED) is 0.833. The summed E-state index contributed by atoms with van der Waals surface area (Å²) in [5, 5.41) is 10.3. The van der Waals surface area contributed by atoms with Crippen LogP contribution in [0.5, 0.6) is 0 Å². The van der Waals surface area contributed by atoms with Gasteiger partial charge in [-0.3, -0.25) is 0 Å². The molecule has 1 aliphatic heterocycles. The third-order valence-electron chi connectivity index (χ3n) is 3.39. The molecular formula is C14H18O4. The van der Waals surface area contributed by atoms with Crippen molar-refractivity contribution in [3.8, 4) is 0 Å². The summed E-state index contributed by atoms with van der Waals surface area (Å²) in [6.45, 7) is 1.42. The number of rotatable bonds is 3. The molecule has 18 heavy (non-hydrogen) atoms. The number of aliphatic hydroxyl groups excluding tert-OH is 1. The monoisotopic (exact) mass is 250 g/mol. The lowest BCUT2D eigenvalue weighted by atomic mass is 9.89. The Morgan fingerprint density at radius 2 is 1.94 bits per heavy atom. The smallest absolute Gasteiger partial charge is 0.337 e. The third kappa shape index (κ3) is 2.89. The van der Waals surface area contributed by atoms with Gasteiger partial charge in [-0.15, -0.1) is 0 Å². The van der Waals surface area contributed by atoms with Gasteiger partial charge in [0.05, 0.1) is 18.8 Å². The Kier molecular flexibility index (Phi) is 4.33. The Morgan fingerprint density at radius 3 is 2.50 bits per heavy atom. The zero-order valence-electron chi connectivity index (χ0n) is 10.5. The molecule has 4 heteroatoms. The Labute approximate surface area is 107 Å². The fraction of sp³-hybridized carbons (Fsp3) is 0.500. The lowest BCUT2D eigenvalue weighted by molar-refractivity contribution is 0.00717. The van der Waals surface area contributed by atoms with Crippen molar-refractivity contribution in [2.24, 2.45) is 5.92 Å². The first kappa shape index (κ1) is 13.1. The average Bonchev–Trinajstić information content (AvgIpc) is 2.47. The molecule has 0 bridgehead atoms. The summed E-state index contributed by atoms with van der Waals surface area (Å²) < 4.78 is 9.91. The second kappa shape index (κ2) is 5.98. The lowest BCUT2D eigenvalue weighted by Crippen LogP contribution is -2.22. The Morgan fingerprint density at radius 1 is 1.33 bits per heavy atom. The van der Waals surface area contributed by atoms with Gasteiger partial charge in [-0.05, 0) is 36.5 Å². The first-order valence-electron chi connectivity index (χ1n) is 6.16. The van der Waals surface area contributed by atoms with E-state index >= 15 is 0 Å². The van der Waals surface area contributed by atoms with Crippen molar-refractivity contribution in [1.82, 2.24) is 0 Å². The zero-order chi connectivity index (χ0) is 13.0. The molecule has 0 saturated carbocycles. The number of esters is 1. The maximum Gasteiger partial charge on any atom is 0.337 e. The molecular weight excluding hydrogens is 232 g/mol. The van der Waals surface area contributed by atoms with E-state index in [9.17, 15) is 9.90 Å². The fourth-order valence-electron chi connectivity index (χ4n) is 2.24. The summed E-state index contributed by atoms with van der Waals surface area (Å²) in [7, 11) is 1.35. The maximum absolute atomic E-state index is 11.3. The van der Waals surface area contributed by atoms with E-state index < -0.39 is 6.10 Å². The van der Waals surface area contributed by atoms with Crippen molar-refractivity contribution in [1.29, 1.82) is 0 Å². The number of ether oxygens (including phenoxy) is 2. The van der Waals surface area contributed by atoms with Gasteiger partial charge in [-0.25, -0.2) is 4.79 Å². The number of methoxy groups -OCH3 is 1. The molecule has 1 fully saturated rings. The van der Waals surface area contributed by atoms with Crippen LogP contribution in [0.2, 0.25) is 0 Å². The number of aliphatic hydroxyl groups is 1. The minimum atomic E-state index is -0.486. The van der Waals surface area contributed by atoms with Crippen LogP contribution >= 0.6 is 0 Å². The van der Waals surface area contributed by atoms with Crippen molar-refractivity contribution in [2.45, 2.75) is 18.9 Å². The van der Waals surface area contributed by atoms with E-state index in [2.05, 4.69) is 4.74 Å². The number of benzene rings is 1. The van der Waals surface area contributed by atoms with Gasteiger partial charge in [0.2, 0.25) is 0 Å². The van der Waals surface area contributed by atoms with Crippen LogP contribution in [0.3, 0.4) is 0 Å². The van der Waals surface area contributed by atoms with Gasteiger partial charge < -0.3 is 14.6 Å². The molecule has 98 valence electrons. The normalized spacial score (nSPS) is 18.3. The van der Waals surface area contributed by atoms with Gasteiger partial charge in [0.25, 0.3) is 0 Å². The van der Waals surface area contributed by atoms with Gasteiger partial charge in [0, 0.05) is 13.2 Å². The molecule has 2 rings (SSSR count). The van der Waals surface area contributed by atoms with E-state index in [1.807, 2.05) is 0 Å². The standard InChI is InChI=1S/C14H18O4/c1-17-14(16)12-4-2-10(3-5-12)13(15)11-6-8-18-9-7-11/h2-5,11,13,15H,6-9H2,1H3. The molecule has 1 heterocycles. The zero-order valence-corrected chi connectivity index (χ0v) is 10.5. The number of hydrogen-bond donors (Lipinski definition) is 1. The van der Waals surface area contributed by atoms with Crippen molar-refractivity contribution in [2.75, 3.05) is 20.3 Å². The first-order chi connectivity index (χ1) is 8.72. The van der Waals surface area contributed by atoms with Crippen LogP contribution in [-0.2, 0) is 9.47 Å². The highest BCUT2D eigenvalue weighted by molar-refractivity contribution is 5.89. The average molecular weight is 250 g/mol. The summed E-state index contributed by atoms with van der Waals surface area (Å²) >= 11 is 0. The SMILES string of the molecule is COC(=O)c1ccc(C(O)C2CCOCC2)cc1. The second-order valence-electron chi connectivity index (χ2n) is 4.51. The molecule has 1 aliphatic rings. The number of carbonyl (C=O) groups excluding carboxylic acids is 1. The van der Waals surface area contributed by atoms with E-state index in [0.717, 1.165) is 18.4 Å². The van der Waals surface area contributed by atoms with E-state index in [-0.39, 0.29) is 11.9 Å². The molecule has 0 aromatic heterocycles. The van der Waals surface area contributed by atoms with Crippen molar-refractivity contribution >= 4 is 5.97 Å². The van der Waals surface area contributed by atoms with Crippen molar-refractivity contribution in [3.05, 3.63) is 35.4 Å². The molecule has 1 atom stereocenters. The summed E-state index contributed by atoms with van der Waals surface area (Å²) in [6.07, 6.45) is 1.26. The highest BCUT2D eigenvalue weighted by Gasteiger charge is 2.23. The van der Waals surface area contributed by atoms with E-state index in [1.165, 1.54) is 7.11 Å². The molecule has 0 amide bonds. The topological polar surface area (TPSA) is 55.8 Å². The molecule has 1 aromatic rings. The van der Waals surface area contributed by atoms with E-state index in [1.54, 1.807) is 24.3 Å². The van der Waals surface area contributed by atoms with Crippen LogP contribution in [0.4, 0.5) is 0 Å². The van der Waals surface area contributed by atoms with Crippen molar-refractivity contribution in [3.63, 3.8) is 0 Å². The predicted molar refractivity (Wildman–Crippen MR) is 66.3 cm³/mol. The molecule has 0 spiro atoms. The molecule has 0 radical (unpaired) electrons. The Hall–Kier alpha value is -1.39. The number of carbonyl (C=O) groups is 1. The first-order valence-corrected chi connectivity index (χ1v) is 6.16. The molecule has 0 aliphatic carbocycles. The van der Waals surface area contributed by atoms with Crippen LogP contribution in [0.15, 0.2) is 24.3 Å². The van der Waals surface area contributed by atoms with Crippen LogP contribution in [-0.4, -0.2) is 31.4 Å².